The molecule has 0 spiro atoms. The van der Waals surface area contributed by atoms with Crippen LogP contribution in [0.5, 0.6) is 0 Å². The smallest absolute Gasteiger partial charge is 0.0565 e. The molecule has 1 rings (SSSR count). The summed E-state index contributed by atoms with van der Waals surface area (Å²) in [5.74, 6) is 0. The molecule has 1 heterocycles. The third kappa shape index (κ3) is 5.25. The van der Waals surface area contributed by atoms with Crippen LogP contribution in [0.25, 0.3) is 0 Å². The Labute approximate surface area is 113 Å². The average Bonchev–Trinajstić information content (AvgIpc) is 2.21. The van der Waals surface area contributed by atoms with Gasteiger partial charge in [-0.05, 0) is 54.4 Å². The van der Waals surface area contributed by atoms with Crippen LogP contribution in [-0.4, -0.2) is 48.3 Å². The fourth-order valence-corrected chi connectivity index (χ4v) is 3.08. The molecule has 0 radical (unpaired) electrons. The van der Waals surface area contributed by atoms with Crippen molar-refractivity contribution in [3.63, 3.8) is 0 Å². The van der Waals surface area contributed by atoms with Crippen molar-refractivity contribution >= 4 is 0 Å². The van der Waals surface area contributed by atoms with Crippen LogP contribution in [0.3, 0.4) is 0 Å². The van der Waals surface area contributed by atoms with E-state index >= 15 is 0 Å². The third-order valence-electron chi connectivity index (χ3n) is 3.83. The predicted molar refractivity (Wildman–Crippen MR) is 78.0 cm³/mol. The lowest BCUT2D eigenvalue weighted by Gasteiger charge is -2.34. The molecule has 2 unspecified atom stereocenters. The Bertz CT molecular complexity index is 213. The van der Waals surface area contributed by atoms with Gasteiger partial charge >= 0.3 is 0 Å². The molecule has 0 aromatic carbocycles. The molecule has 3 heteroatoms. The van der Waals surface area contributed by atoms with E-state index in [9.17, 15) is 0 Å². The van der Waals surface area contributed by atoms with Crippen molar-refractivity contribution in [1.82, 2.24) is 10.2 Å². The Morgan fingerprint density at radius 3 is 2.00 bits per heavy atom. The lowest BCUT2D eigenvalue weighted by atomic mass is 10.00. The second kappa shape index (κ2) is 7.46. The van der Waals surface area contributed by atoms with Crippen molar-refractivity contribution in [3.05, 3.63) is 0 Å². The van der Waals surface area contributed by atoms with E-state index in [1.807, 2.05) is 0 Å². The van der Waals surface area contributed by atoms with E-state index in [0.717, 1.165) is 25.9 Å². The number of hydrogen-bond donors (Lipinski definition) is 1. The van der Waals surface area contributed by atoms with Crippen molar-refractivity contribution in [2.75, 3.05) is 13.1 Å². The normalized spacial score (nSPS) is 29.5. The molecule has 1 N–H and O–H groups in total. The van der Waals surface area contributed by atoms with Crippen LogP contribution >= 0.6 is 0 Å². The van der Waals surface area contributed by atoms with Gasteiger partial charge < -0.3 is 10.1 Å². The number of nitrogens with one attached hydrogen (secondary N) is 1. The monoisotopic (exact) mass is 256 g/mol. The summed E-state index contributed by atoms with van der Waals surface area (Å²) in [5.41, 5.74) is 0. The van der Waals surface area contributed by atoms with Gasteiger partial charge in [-0.25, -0.2) is 0 Å². The maximum Gasteiger partial charge on any atom is 0.0565 e. The first kappa shape index (κ1) is 15.9. The van der Waals surface area contributed by atoms with E-state index in [-0.39, 0.29) is 0 Å². The second-order valence-corrected chi connectivity index (χ2v) is 6.31. The molecule has 2 atom stereocenters. The molecule has 0 amide bonds. The number of hydrogen-bond acceptors (Lipinski definition) is 3. The molecule has 3 nitrogen and oxygen atoms in total. The first-order valence-corrected chi connectivity index (χ1v) is 7.54. The van der Waals surface area contributed by atoms with Gasteiger partial charge in [-0.1, -0.05) is 0 Å². The molecule has 0 saturated carbocycles. The van der Waals surface area contributed by atoms with Gasteiger partial charge in [-0.2, -0.15) is 0 Å². The Balaban J connectivity index is 2.28. The van der Waals surface area contributed by atoms with E-state index < -0.39 is 0 Å². The number of ether oxygens (including phenoxy) is 1. The summed E-state index contributed by atoms with van der Waals surface area (Å²) < 4.78 is 5.77. The summed E-state index contributed by atoms with van der Waals surface area (Å²) in [6.07, 6.45) is 3.09. The molecule has 1 aliphatic heterocycles. The highest BCUT2D eigenvalue weighted by atomic mass is 16.5. The predicted octanol–water partition coefficient (Wildman–Crippen LogP) is 2.65. The molecule has 1 fully saturated rings. The summed E-state index contributed by atoms with van der Waals surface area (Å²) >= 11 is 0. The molecular formula is C15H32N2O. The van der Waals surface area contributed by atoms with Crippen LogP contribution in [0, 0.1) is 0 Å². The zero-order valence-corrected chi connectivity index (χ0v) is 13.1. The topological polar surface area (TPSA) is 24.5 Å². The minimum Gasteiger partial charge on any atom is -0.375 e. The largest absolute Gasteiger partial charge is 0.375 e. The Morgan fingerprint density at radius 1 is 1.06 bits per heavy atom. The maximum absolute atomic E-state index is 5.77. The van der Waals surface area contributed by atoms with Gasteiger partial charge in [0.2, 0.25) is 0 Å². The maximum atomic E-state index is 5.77. The molecular weight excluding hydrogens is 224 g/mol. The Morgan fingerprint density at radius 2 is 1.56 bits per heavy atom. The molecule has 18 heavy (non-hydrogen) atoms. The van der Waals surface area contributed by atoms with Gasteiger partial charge in [0.1, 0.15) is 0 Å². The molecule has 0 bridgehead atoms. The van der Waals surface area contributed by atoms with E-state index in [2.05, 4.69) is 51.8 Å². The van der Waals surface area contributed by atoms with Crippen LogP contribution in [0.15, 0.2) is 0 Å². The minimum absolute atomic E-state index is 0.401. The first-order chi connectivity index (χ1) is 8.40. The van der Waals surface area contributed by atoms with E-state index in [0.29, 0.717) is 30.3 Å². The SMILES string of the molecule is CC1CC(NCCN(C(C)C)C(C)C)CC(C)O1. The fourth-order valence-electron chi connectivity index (χ4n) is 3.08. The highest BCUT2D eigenvalue weighted by molar-refractivity contribution is 4.79. The zero-order valence-electron chi connectivity index (χ0n) is 13.1. The lowest BCUT2D eigenvalue weighted by Crippen LogP contribution is -2.46. The summed E-state index contributed by atoms with van der Waals surface area (Å²) in [6.45, 7) is 15.7. The van der Waals surface area contributed by atoms with Crippen molar-refractivity contribution in [1.29, 1.82) is 0 Å². The third-order valence-corrected chi connectivity index (χ3v) is 3.83. The molecule has 0 aromatic rings. The minimum atomic E-state index is 0.401. The Kier molecular flexibility index (Phi) is 6.61. The molecule has 1 aliphatic rings. The van der Waals surface area contributed by atoms with Gasteiger partial charge in [-0.3, -0.25) is 4.90 Å². The van der Waals surface area contributed by atoms with Crippen LogP contribution in [0.1, 0.15) is 54.4 Å². The van der Waals surface area contributed by atoms with Gasteiger partial charge in [0.05, 0.1) is 12.2 Å². The standard InChI is InChI=1S/C15H32N2O/c1-11(2)17(12(3)4)8-7-16-15-9-13(5)18-14(6)10-15/h11-16H,7-10H2,1-6H3. The highest BCUT2D eigenvalue weighted by Gasteiger charge is 2.24. The van der Waals surface area contributed by atoms with Gasteiger partial charge in [0.15, 0.2) is 0 Å². The van der Waals surface area contributed by atoms with Gasteiger partial charge in [-0.15, -0.1) is 0 Å². The Hall–Kier alpha value is -0.120. The fraction of sp³-hybridized carbons (Fsp3) is 1.00. The second-order valence-electron chi connectivity index (χ2n) is 6.31. The molecule has 0 aromatic heterocycles. The molecule has 1 saturated heterocycles. The van der Waals surface area contributed by atoms with E-state index in [4.69, 9.17) is 4.74 Å². The highest BCUT2D eigenvalue weighted by Crippen LogP contribution is 2.18. The quantitative estimate of drug-likeness (QED) is 0.791. The molecule has 0 aliphatic carbocycles. The van der Waals surface area contributed by atoms with Gasteiger partial charge in [0, 0.05) is 31.2 Å². The van der Waals surface area contributed by atoms with Crippen molar-refractivity contribution in [2.45, 2.75) is 84.7 Å². The van der Waals surface area contributed by atoms with E-state index in [1.165, 1.54) is 0 Å². The number of rotatable bonds is 6. The van der Waals surface area contributed by atoms with Crippen molar-refractivity contribution in [2.24, 2.45) is 0 Å². The average molecular weight is 256 g/mol. The van der Waals surface area contributed by atoms with Crippen LogP contribution < -0.4 is 5.32 Å². The van der Waals surface area contributed by atoms with Gasteiger partial charge in [0.25, 0.3) is 0 Å². The van der Waals surface area contributed by atoms with Crippen LogP contribution in [0.4, 0.5) is 0 Å². The number of nitrogens with zero attached hydrogens (tertiary/aromatic N) is 1. The summed E-state index contributed by atoms with van der Waals surface area (Å²) in [6, 6.07) is 1.88. The molecule has 108 valence electrons. The van der Waals surface area contributed by atoms with E-state index in [1.54, 1.807) is 0 Å². The zero-order chi connectivity index (χ0) is 13.7. The van der Waals surface area contributed by atoms with Crippen LogP contribution in [-0.2, 0) is 4.74 Å². The summed E-state index contributed by atoms with van der Waals surface area (Å²) in [7, 11) is 0. The summed E-state index contributed by atoms with van der Waals surface area (Å²) in [4.78, 5) is 2.54. The first-order valence-electron chi connectivity index (χ1n) is 7.54. The van der Waals surface area contributed by atoms with Crippen molar-refractivity contribution < 1.29 is 4.74 Å². The summed E-state index contributed by atoms with van der Waals surface area (Å²) in [5, 5.41) is 3.70. The van der Waals surface area contributed by atoms with Crippen molar-refractivity contribution in [3.8, 4) is 0 Å². The lowest BCUT2D eigenvalue weighted by molar-refractivity contribution is -0.0423. The van der Waals surface area contributed by atoms with Crippen LogP contribution in [0.2, 0.25) is 0 Å².